The predicted octanol–water partition coefficient (Wildman–Crippen LogP) is 0.360. The van der Waals surface area contributed by atoms with E-state index in [1.165, 1.54) is 0 Å². The van der Waals surface area contributed by atoms with Crippen molar-refractivity contribution in [3.63, 3.8) is 0 Å². The summed E-state index contributed by atoms with van der Waals surface area (Å²) >= 11 is 0. The lowest BCUT2D eigenvalue weighted by Crippen LogP contribution is -2.63. The number of carbonyl (C=O) groups is 2. The quantitative estimate of drug-likeness (QED) is 0.769. The van der Waals surface area contributed by atoms with Crippen LogP contribution in [0, 0.1) is 0 Å². The van der Waals surface area contributed by atoms with Crippen LogP contribution in [0.15, 0.2) is 18.3 Å². The fourth-order valence-corrected chi connectivity index (χ4v) is 2.02. The van der Waals surface area contributed by atoms with Crippen LogP contribution in [0.1, 0.15) is 19.4 Å². The van der Waals surface area contributed by atoms with Gasteiger partial charge in [-0.2, -0.15) is 0 Å². The van der Waals surface area contributed by atoms with Gasteiger partial charge in [0.15, 0.2) is 0 Å². The Balaban J connectivity index is 2.20. The molecule has 102 valence electrons. The largest absolute Gasteiger partial charge is 0.373 e. The minimum atomic E-state index is -0.697. The maximum absolute atomic E-state index is 11.9. The number of aromatic nitrogens is 1. The fourth-order valence-electron chi connectivity index (χ4n) is 2.02. The molecule has 1 aliphatic rings. The summed E-state index contributed by atoms with van der Waals surface area (Å²) in [6.45, 7) is 4.38. The number of hydrogen-bond donors (Lipinski definition) is 2. The van der Waals surface area contributed by atoms with E-state index in [2.05, 4.69) is 15.6 Å². The van der Waals surface area contributed by atoms with Crippen molar-refractivity contribution in [1.29, 1.82) is 0 Å². The lowest BCUT2D eigenvalue weighted by molar-refractivity contribution is -0.145. The molecule has 0 bridgehead atoms. The first kappa shape index (κ1) is 13.5. The van der Waals surface area contributed by atoms with Crippen LogP contribution >= 0.6 is 0 Å². The van der Waals surface area contributed by atoms with E-state index in [1.54, 1.807) is 13.2 Å². The van der Waals surface area contributed by atoms with Crippen LogP contribution < -0.4 is 10.6 Å². The van der Waals surface area contributed by atoms with Crippen LogP contribution in [0.3, 0.4) is 0 Å². The van der Waals surface area contributed by atoms with Crippen LogP contribution in [0.4, 0.5) is 5.82 Å². The Morgan fingerprint density at radius 3 is 2.89 bits per heavy atom. The van der Waals surface area contributed by atoms with E-state index >= 15 is 0 Å². The Hall–Kier alpha value is -1.95. The van der Waals surface area contributed by atoms with Crippen LogP contribution in [0.2, 0.25) is 0 Å². The average Bonchev–Trinajstić information content (AvgIpc) is 2.36. The maximum atomic E-state index is 11.9. The van der Waals surface area contributed by atoms with Crippen LogP contribution in [-0.4, -0.2) is 40.8 Å². The molecule has 0 aliphatic carbocycles. The molecule has 6 nitrogen and oxygen atoms in total. The van der Waals surface area contributed by atoms with Crippen LogP contribution in [-0.2, 0) is 16.1 Å². The van der Waals surface area contributed by atoms with Gasteiger partial charge in [0.05, 0.1) is 12.1 Å². The second kappa shape index (κ2) is 4.97. The number of nitrogens with one attached hydrogen (secondary N) is 2. The Morgan fingerprint density at radius 2 is 2.21 bits per heavy atom. The highest BCUT2D eigenvalue weighted by Gasteiger charge is 2.40. The number of rotatable bonds is 3. The monoisotopic (exact) mass is 262 g/mol. The van der Waals surface area contributed by atoms with Crippen molar-refractivity contribution in [3.05, 3.63) is 23.9 Å². The summed E-state index contributed by atoms with van der Waals surface area (Å²) in [6, 6.07) is 3.79. The van der Waals surface area contributed by atoms with E-state index in [-0.39, 0.29) is 18.4 Å². The number of nitrogens with zero attached hydrogens (tertiary/aromatic N) is 2. The smallest absolute Gasteiger partial charge is 0.246 e. The molecule has 1 aliphatic heterocycles. The summed E-state index contributed by atoms with van der Waals surface area (Å²) in [6.07, 6.45) is 1.71. The number of hydrogen-bond acceptors (Lipinski definition) is 5. The first-order chi connectivity index (χ1) is 8.93. The summed E-state index contributed by atoms with van der Waals surface area (Å²) in [5.74, 6) is 0.252. The average molecular weight is 262 g/mol. The molecule has 0 spiro atoms. The third-order valence-electron chi connectivity index (χ3n) is 3.39. The van der Waals surface area contributed by atoms with Crippen LogP contribution in [0.5, 0.6) is 0 Å². The van der Waals surface area contributed by atoms with E-state index < -0.39 is 5.54 Å². The van der Waals surface area contributed by atoms with Gasteiger partial charge in [0, 0.05) is 19.8 Å². The third kappa shape index (κ3) is 2.73. The van der Waals surface area contributed by atoms with Gasteiger partial charge in [-0.3, -0.25) is 19.8 Å². The van der Waals surface area contributed by atoms with Crippen molar-refractivity contribution in [1.82, 2.24) is 15.2 Å². The summed E-state index contributed by atoms with van der Waals surface area (Å²) in [5, 5.41) is 5.33. The minimum Gasteiger partial charge on any atom is -0.373 e. The lowest BCUT2D eigenvalue weighted by Gasteiger charge is -2.40. The molecule has 0 aromatic carbocycles. The van der Waals surface area contributed by atoms with E-state index in [0.717, 1.165) is 11.4 Å². The molecule has 1 saturated heterocycles. The number of piperazine rings is 1. The van der Waals surface area contributed by atoms with Gasteiger partial charge in [-0.05, 0) is 31.5 Å². The van der Waals surface area contributed by atoms with Crippen molar-refractivity contribution < 1.29 is 9.59 Å². The van der Waals surface area contributed by atoms with Gasteiger partial charge in [-0.1, -0.05) is 0 Å². The van der Waals surface area contributed by atoms with Gasteiger partial charge >= 0.3 is 0 Å². The summed E-state index contributed by atoms with van der Waals surface area (Å²) < 4.78 is 0. The van der Waals surface area contributed by atoms with E-state index in [1.807, 2.05) is 30.9 Å². The number of anilines is 1. The van der Waals surface area contributed by atoms with Crippen molar-refractivity contribution in [2.45, 2.75) is 25.9 Å². The normalized spacial score (nSPS) is 19.1. The molecule has 0 unspecified atom stereocenters. The Kier molecular flexibility index (Phi) is 3.53. The molecule has 2 rings (SSSR count). The second-order valence-electron chi connectivity index (χ2n) is 5.09. The molecule has 1 aromatic heterocycles. The van der Waals surface area contributed by atoms with Crippen molar-refractivity contribution in [2.75, 3.05) is 18.9 Å². The van der Waals surface area contributed by atoms with Gasteiger partial charge in [0.2, 0.25) is 11.8 Å². The molecule has 19 heavy (non-hydrogen) atoms. The van der Waals surface area contributed by atoms with Crippen LogP contribution in [0.25, 0.3) is 0 Å². The first-order valence-corrected chi connectivity index (χ1v) is 6.15. The molecular weight excluding hydrogens is 244 g/mol. The van der Waals surface area contributed by atoms with Gasteiger partial charge in [-0.15, -0.1) is 0 Å². The van der Waals surface area contributed by atoms with Gasteiger partial charge in [-0.25, -0.2) is 4.98 Å². The molecule has 1 aromatic rings. The summed E-state index contributed by atoms with van der Waals surface area (Å²) in [5.41, 5.74) is 0.312. The molecule has 0 radical (unpaired) electrons. The fraction of sp³-hybridized carbons (Fsp3) is 0.462. The first-order valence-electron chi connectivity index (χ1n) is 6.15. The zero-order chi connectivity index (χ0) is 14.0. The number of imide groups is 1. The number of amides is 2. The minimum absolute atomic E-state index is 0.218. The zero-order valence-electron chi connectivity index (χ0n) is 11.4. The van der Waals surface area contributed by atoms with E-state index in [4.69, 9.17) is 0 Å². The molecular formula is C13H18N4O2. The number of carbonyl (C=O) groups excluding carboxylic acids is 2. The maximum Gasteiger partial charge on any atom is 0.246 e. The third-order valence-corrected chi connectivity index (χ3v) is 3.39. The van der Waals surface area contributed by atoms with Gasteiger partial charge in [0.25, 0.3) is 0 Å². The van der Waals surface area contributed by atoms with Crippen molar-refractivity contribution in [2.24, 2.45) is 0 Å². The van der Waals surface area contributed by atoms with Gasteiger partial charge < -0.3 is 5.32 Å². The predicted molar refractivity (Wildman–Crippen MR) is 71.4 cm³/mol. The van der Waals surface area contributed by atoms with Crippen molar-refractivity contribution in [3.8, 4) is 0 Å². The molecule has 2 N–H and O–H groups in total. The molecule has 1 fully saturated rings. The Labute approximate surface area is 112 Å². The van der Waals surface area contributed by atoms with E-state index in [0.29, 0.717) is 6.54 Å². The molecule has 6 heteroatoms. The standard InChI is InChI=1S/C13H18N4O2/c1-13(2)12(19)16-11(18)8-17(13)7-9-4-5-15-10(6-9)14-3/h4-6H,7-8H2,1-3H3,(H,14,15)(H,16,18,19). The highest BCUT2D eigenvalue weighted by molar-refractivity contribution is 6.02. The number of pyridine rings is 1. The second-order valence-corrected chi connectivity index (χ2v) is 5.09. The Morgan fingerprint density at radius 1 is 1.47 bits per heavy atom. The zero-order valence-corrected chi connectivity index (χ0v) is 11.4. The SMILES string of the molecule is CNc1cc(CN2CC(=O)NC(=O)C2(C)C)ccn1. The van der Waals surface area contributed by atoms with Crippen molar-refractivity contribution >= 4 is 17.6 Å². The summed E-state index contributed by atoms with van der Waals surface area (Å²) in [7, 11) is 1.80. The highest BCUT2D eigenvalue weighted by atomic mass is 16.2. The summed E-state index contributed by atoms with van der Waals surface area (Å²) in [4.78, 5) is 29.3. The molecule has 0 atom stereocenters. The molecule has 2 amide bonds. The molecule has 0 saturated carbocycles. The van der Waals surface area contributed by atoms with Gasteiger partial charge in [0.1, 0.15) is 5.82 Å². The Bertz CT molecular complexity index is 513. The highest BCUT2D eigenvalue weighted by Crippen LogP contribution is 2.21. The molecule has 2 heterocycles. The lowest BCUT2D eigenvalue weighted by atomic mass is 9.98. The van der Waals surface area contributed by atoms with E-state index in [9.17, 15) is 9.59 Å². The topological polar surface area (TPSA) is 74.3 Å².